The molecule has 1 aromatic rings. The van der Waals surface area contributed by atoms with Gasteiger partial charge in [-0.25, -0.2) is 0 Å². The van der Waals surface area contributed by atoms with Crippen molar-refractivity contribution in [3.63, 3.8) is 0 Å². The van der Waals surface area contributed by atoms with Crippen LogP contribution in [0, 0.1) is 0 Å². The molecule has 2 rings (SSSR count). The molecule has 1 aliphatic carbocycles. The Bertz CT molecular complexity index is 435. The van der Waals surface area contributed by atoms with Crippen LogP contribution in [0.25, 0.3) is 0 Å². The first-order chi connectivity index (χ1) is 9.44. The second-order valence-corrected chi connectivity index (χ2v) is 4.64. The summed E-state index contributed by atoms with van der Waals surface area (Å²) < 4.78 is 45.6. The van der Waals surface area contributed by atoms with E-state index in [0.29, 0.717) is 12.6 Å². The van der Waals surface area contributed by atoms with Crippen LogP contribution in [0.3, 0.4) is 0 Å². The van der Waals surface area contributed by atoms with Crippen molar-refractivity contribution in [1.82, 2.24) is 5.32 Å². The van der Waals surface area contributed by atoms with Crippen LogP contribution in [0.15, 0.2) is 24.3 Å². The van der Waals surface area contributed by atoms with Gasteiger partial charge in [0.25, 0.3) is 0 Å². The molecule has 0 spiro atoms. The van der Waals surface area contributed by atoms with Crippen LogP contribution < -0.4 is 14.8 Å². The van der Waals surface area contributed by atoms with Gasteiger partial charge in [0, 0.05) is 12.6 Å². The second kappa shape index (κ2) is 6.32. The molecule has 0 aliphatic heterocycles. The molecule has 0 aromatic heterocycles. The lowest BCUT2D eigenvalue weighted by molar-refractivity contribution is -0.275. The molecule has 1 aromatic carbocycles. The molecule has 0 bridgehead atoms. The monoisotopic (exact) mass is 291 g/mol. The highest BCUT2D eigenvalue weighted by atomic mass is 19.4. The summed E-state index contributed by atoms with van der Waals surface area (Å²) in [6.07, 6.45) is -3.37. The molecule has 0 amide bonds. The third kappa shape index (κ3) is 5.26. The van der Waals surface area contributed by atoms with Crippen LogP contribution in [-0.2, 0) is 0 Å². The maximum atomic E-state index is 12.2. The van der Waals surface area contributed by atoms with Crippen molar-refractivity contribution in [3.8, 4) is 11.5 Å². The lowest BCUT2D eigenvalue weighted by Crippen LogP contribution is -2.32. The fourth-order valence-corrected chi connectivity index (χ4v) is 1.61. The fraction of sp³-hybridized carbons (Fsp3) is 0.538. The molecular formula is C13H16F3NO3. The van der Waals surface area contributed by atoms with Crippen LogP contribution in [0.5, 0.6) is 11.5 Å². The Balaban J connectivity index is 1.84. The summed E-state index contributed by atoms with van der Waals surface area (Å²) >= 11 is 0. The van der Waals surface area contributed by atoms with E-state index in [1.165, 1.54) is 18.2 Å². The highest BCUT2D eigenvalue weighted by Crippen LogP contribution is 2.31. The predicted octanol–water partition coefficient (Wildman–Crippen LogP) is 2.08. The third-order valence-corrected chi connectivity index (χ3v) is 2.73. The molecule has 0 heterocycles. The normalized spacial score (nSPS) is 16.8. The van der Waals surface area contributed by atoms with Gasteiger partial charge in [0.2, 0.25) is 0 Å². The maximum Gasteiger partial charge on any atom is 0.573 e. The van der Waals surface area contributed by atoms with E-state index in [1.54, 1.807) is 0 Å². The Morgan fingerprint density at radius 1 is 1.25 bits per heavy atom. The minimum atomic E-state index is -4.77. The van der Waals surface area contributed by atoms with Crippen LogP contribution in [0.1, 0.15) is 12.8 Å². The van der Waals surface area contributed by atoms with E-state index < -0.39 is 18.2 Å². The first-order valence-electron chi connectivity index (χ1n) is 6.33. The highest BCUT2D eigenvalue weighted by molar-refractivity contribution is 5.39. The number of alkyl halides is 3. The zero-order chi connectivity index (χ0) is 14.6. The summed E-state index contributed by atoms with van der Waals surface area (Å²) in [6, 6.07) is 5.93. The first-order valence-corrected chi connectivity index (χ1v) is 6.33. The van der Waals surface area contributed by atoms with E-state index >= 15 is 0 Å². The number of para-hydroxylation sites is 2. The zero-order valence-corrected chi connectivity index (χ0v) is 10.7. The van der Waals surface area contributed by atoms with E-state index in [0.717, 1.165) is 18.9 Å². The minimum Gasteiger partial charge on any atom is -0.487 e. The molecule has 1 atom stereocenters. The van der Waals surface area contributed by atoms with E-state index in [9.17, 15) is 18.3 Å². The van der Waals surface area contributed by atoms with Crippen molar-refractivity contribution in [1.29, 1.82) is 0 Å². The molecule has 0 radical (unpaired) electrons. The van der Waals surface area contributed by atoms with Crippen LogP contribution in [-0.4, -0.2) is 36.8 Å². The topological polar surface area (TPSA) is 50.7 Å². The van der Waals surface area contributed by atoms with Crippen molar-refractivity contribution in [2.75, 3.05) is 13.2 Å². The average molecular weight is 291 g/mol. The molecule has 0 saturated heterocycles. The molecule has 4 nitrogen and oxygen atoms in total. The number of rotatable bonds is 7. The number of nitrogens with one attached hydrogen (secondary N) is 1. The summed E-state index contributed by atoms with van der Waals surface area (Å²) in [7, 11) is 0. The zero-order valence-electron chi connectivity index (χ0n) is 10.7. The summed E-state index contributed by atoms with van der Waals surface area (Å²) in [5.74, 6) is -0.461. The van der Waals surface area contributed by atoms with Gasteiger partial charge in [0.05, 0.1) is 0 Å². The molecule has 20 heavy (non-hydrogen) atoms. The number of halogens is 3. The van der Waals surface area contributed by atoms with Crippen LogP contribution in [0.2, 0.25) is 0 Å². The minimum absolute atomic E-state index is 0.0460. The quantitative estimate of drug-likeness (QED) is 0.807. The Morgan fingerprint density at radius 3 is 2.50 bits per heavy atom. The highest BCUT2D eigenvalue weighted by Gasteiger charge is 2.32. The third-order valence-electron chi connectivity index (χ3n) is 2.73. The Morgan fingerprint density at radius 2 is 1.90 bits per heavy atom. The number of aliphatic hydroxyl groups is 1. The molecular weight excluding hydrogens is 275 g/mol. The van der Waals surface area contributed by atoms with Crippen LogP contribution >= 0.6 is 0 Å². The van der Waals surface area contributed by atoms with Crippen molar-refractivity contribution >= 4 is 0 Å². The number of ether oxygens (including phenoxy) is 2. The SMILES string of the molecule is OC(CNC1CC1)COc1ccccc1OC(F)(F)F. The molecule has 1 aliphatic rings. The van der Waals surface area contributed by atoms with Crippen molar-refractivity contribution in [2.24, 2.45) is 0 Å². The van der Waals surface area contributed by atoms with Gasteiger partial charge in [0.1, 0.15) is 12.7 Å². The van der Waals surface area contributed by atoms with Gasteiger partial charge in [-0.2, -0.15) is 0 Å². The second-order valence-electron chi connectivity index (χ2n) is 4.64. The lowest BCUT2D eigenvalue weighted by atomic mass is 10.3. The van der Waals surface area contributed by atoms with E-state index in [2.05, 4.69) is 10.1 Å². The van der Waals surface area contributed by atoms with Crippen molar-refractivity contribution in [2.45, 2.75) is 31.3 Å². The van der Waals surface area contributed by atoms with E-state index in [1.807, 2.05) is 0 Å². The van der Waals surface area contributed by atoms with Gasteiger partial charge in [-0.1, -0.05) is 12.1 Å². The standard InChI is InChI=1S/C13H16F3NO3/c14-13(15,16)20-12-4-2-1-3-11(12)19-8-10(18)7-17-9-5-6-9/h1-4,9-10,17-18H,5-8H2. The van der Waals surface area contributed by atoms with Gasteiger partial charge in [-0.15, -0.1) is 13.2 Å². The molecule has 2 N–H and O–H groups in total. The first kappa shape index (κ1) is 14.9. The largest absolute Gasteiger partial charge is 0.573 e. The molecule has 1 fully saturated rings. The Kier molecular flexibility index (Phi) is 4.72. The lowest BCUT2D eigenvalue weighted by Gasteiger charge is -2.16. The molecule has 112 valence electrons. The number of hydrogen-bond donors (Lipinski definition) is 2. The smallest absolute Gasteiger partial charge is 0.487 e. The van der Waals surface area contributed by atoms with Gasteiger partial charge in [-0.05, 0) is 25.0 Å². The summed E-state index contributed by atoms with van der Waals surface area (Å²) in [5.41, 5.74) is 0. The Labute approximate surface area is 114 Å². The predicted molar refractivity (Wildman–Crippen MR) is 65.7 cm³/mol. The number of benzene rings is 1. The van der Waals surface area contributed by atoms with E-state index in [4.69, 9.17) is 4.74 Å². The Hall–Kier alpha value is -1.47. The van der Waals surface area contributed by atoms with Gasteiger partial charge >= 0.3 is 6.36 Å². The summed E-state index contributed by atoms with van der Waals surface area (Å²) in [6.45, 7) is 0.255. The van der Waals surface area contributed by atoms with Gasteiger partial charge in [-0.3, -0.25) is 0 Å². The summed E-state index contributed by atoms with van der Waals surface area (Å²) in [4.78, 5) is 0. The van der Waals surface area contributed by atoms with Gasteiger partial charge in [0.15, 0.2) is 11.5 Å². The van der Waals surface area contributed by atoms with E-state index in [-0.39, 0.29) is 12.4 Å². The van der Waals surface area contributed by atoms with Crippen molar-refractivity contribution < 1.29 is 27.8 Å². The fourth-order valence-electron chi connectivity index (χ4n) is 1.61. The van der Waals surface area contributed by atoms with Crippen LogP contribution in [0.4, 0.5) is 13.2 Å². The molecule has 1 saturated carbocycles. The molecule has 1 unspecified atom stereocenters. The van der Waals surface area contributed by atoms with Crippen molar-refractivity contribution in [3.05, 3.63) is 24.3 Å². The average Bonchev–Trinajstić information content (AvgIpc) is 3.17. The number of aliphatic hydroxyl groups excluding tert-OH is 1. The van der Waals surface area contributed by atoms with Gasteiger partial charge < -0.3 is 19.9 Å². The maximum absolute atomic E-state index is 12.2. The molecule has 7 heteroatoms. The summed E-state index contributed by atoms with van der Waals surface area (Å²) in [5, 5.41) is 12.8. The number of hydrogen-bond acceptors (Lipinski definition) is 4.